The Kier molecular flexibility index (Phi) is 4.98. The smallest absolute Gasteiger partial charge is 0.374 e. The predicted molar refractivity (Wildman–Crippen MR) is 94.0 cm³/mol. The van der Waals surface area contributed by atoms with Crippen molar-refractivity contribution in [1.29, 1.82) is 0 Å². The molecule has 0 aliphatic carbocycles. The van der Waals surface area contributed by atoms with Gasteiger partial charge in [0.05, 0.1) is 13.4 Å². The van der Waals surface area contributed by atoms with Gasteiger partial charge in [-0.15, -0.1) is 0 Å². The zero-order valence-electron chi connectivity index (χ0n) is 14.2. The van der Waals surface area contributed by atoms with Crippen LogP contribution in [0.3, 0.4) is 0 Å². The van der Waals surface area contributed by atoms with Crippen molar-refractivity contribution in [3.05, 3.63) is 83.6 Å². The van der Waals surface area contributed by atoms with Crippen LogP contribution in [0.25, 0.3) is 11.1 Å². The van der Waals surface area contributed by atoms with Crippen molar-refractivity contribution in [2.75, 3.05) is 7.11 Å². The second-order valence-electron chi connectivity index (χ2n) is 6.01. The highest BCUT2D eigenvalue weighted by Gasteiger charge is 2.17. The number of rotatable bonds is 5. The summed E-state index contributed by atoms with van der Waals surface area (Å²) in [7, 11) is 1.33. The molecule has 4 heteroatoms. The lowest BCUT2D eigenvalue weighted by Gasteiger charge is -2.12. The molecule has 0 aliphatic heterocycles. The maximum atomic E-state index is 13.0. The number of furan rings is 1. The Labute approximate surface area is 146 Å². The summed E-state index contributed by atoms with van der Waals surface area (Å²) >= 11 is 0. The average molecular weight is 338 g/mol. The van der Waals surface area contributed by atoms with Crippen molar-refractivity contribution in [2.45, 2.75) is 19.3 Å². The molecule has 0 radical (unpaired) electrons. The standard InChI is InChI=1S/C21H19FO3/c1-14(16-7-9-18(22)10-8-16)13-15-3-5-17(6-4-15)19-11-12-25-20(19)21(23)24-2/h3-12,14H,13H2,1-2H3/t14-/m1/s1. The van der Waals surface area contributed by atoms with E-state index in [4.69, 9.17) is 9.15 Å². The summed E-state index contributed by atoms with van der Waals surface area (Å²) in [5.41, 5.74) is 3.88. The van der Waals surface area contributed by atoms with Gasteiger partial charge in [0.15, 0.2) is 0 Å². The van der Waals surface area contributed by atoms with E-state index in [1.54, 1.807) is 6.07 Å². The summed E-state index contributed by atoms with van der Waals surface area (Å²) < 4.78 is 23.0. The van der Waals surface area contributed by atoms with Gasteiger partial charge < -0.3 is 9.15 Å². The van der Waals surface area contributed by atoms with Crippen molar-refractivity contribution >= 4 is 5.97 Å². The number of hydrogen-bond donors (Lipinski definition) is 0. The molecule has 0 saturated carbocycles. The number of ether oxygens (including phenoxy) is 1. The van der Waals surface area contributed by atoms with Gasteiger partial charge in [0.1, 0.15) is 5.82 Å². The molecule has 128 valence electrons. The Morgan fingerprint density at radius 3 is 2.40 bits per heavy atom. The molecule has 25 heavy (non-hydrogen) atoms. The van der Waals surface area contributed by atoms with Crippen LogP contribution in [0, 0.1) is 5.82 Å². The van der Waals surface area contributed by atoms with Crippen molar-refractivity contribution in [3.8, 4) is 11.1 Å². The molecule has 0 unspecified atom stereocenters. The third-order valence-corrected chi connectivity index (χ3v) is 4.28. The Morgan fingerprint density at radius 1 is 1.08 bits per heavy atom. The van der Waals surface area contributed by atoms with Crippen LogP contribution < -0.4 is 0 Å². The quantitative estimate of drug-likeness (QED) is 0.599. The monoisotopic (exact) mass is 338 g/mol. The van der Waals surface area contributed by atoms with Crippen LogP contribution in [0.5, 0.6) is 0 Å². The van der Waals surface area contributed by atoms with Gasteiger partial charge in [-0.1, -0.05) is 43.3 Å². The van der Waals surface area contributed by atoms with Crippen LogP contribution in [-0.4, -0.2) is 13.1 Å². The predicted octanol–water partition coefficient (Wildman–Crippen LogP) is 5.22. The van der Waals surface area contributed by atoms with Crippen LogP contribution in [0.4, 0.5) is 4.39 Å². The van der Waals surface area contributed by atoms with E-state index < -0.39 is 5.97 Å². The molecule has 1 aromatic heterocycles. The highest BCUT2D eigenvalue weighted by atomic mass is 19.1. The molecule has 0 spiro atoms. The largest absolute Gasteiger partial charge is 0.463 e. The Morgan fingerprint density at radius 2 is 1.76 bits per heavy atom. The van der Waals surface area contributed by atoms with Crippen LogP contribution in [-0.2, 0) is 11.2 Å². The topological polar surface area (TPSA) is 39.4 Å². The third kappa shape index (κ3) is 3.79. The number of benzene rings is 2. The first-order valence-electron chi connectivity index (χ1n) is 8.09. The SMILES string of the molecule is COC(=O)c1occc1-c1ccc(C[C@@H](C)c2ccc(F)cc2)cc1. The maximum absolute atomic E-state index is 13.0. The number of esters is 1. The second-order valence-corrected chi connectivity index (χ2v) is 6.01. The van der Waals surface area contributed by atoms with Gasteiger partial charge in [0, 0.05) is 5.56 Å². The van der Waals surface area contributed by atoms with E-state index >= 15 is 0 Å². The van der Waals surface area contributed by atoms with Crippen LogP contribution >= 0.6 is 0 Å². The van der Waals surface area contributed by atoms with Gasteiger partial charge in [-0.05, 0) is 47.2 Å². The maximum Gasteiger partial charge on any atom is 0.374 e. The number of methoxy groups -OCH3 is 1. The molecule has 2 aromatic carbocycles. The first kappa shape index (κ1) is 17.0. The summed E-state index contributed by atoms with van der Waals surface area (Å²) in [6.45, 7) is 2.12. The Hall–Kier alpha value is -2.88. The van der Waals surface area contributed by atoms with Crippen molar-refractivity contribution in [2.24, 2.45) is 0 Å². The van der Waals surface area contributed by atoms with E-state index in [9.17, 15) is 9.18 Å². The minimum atomic E-state index is -0.492. The normalized spacial score (nSPS) is 12.0. The number of hydrogen-bond acceptors (Lipinski definition) is 3. The van der Waals surface area contributed by atoms with Gasteiger partial charge in [0.25, 0.3) is 0 Å². The van der Waals surface area contributed by atoms with Gasteiger partial charge in [-0.3, -0.25) is 0 Å². The molecular formula is C21H19FO3. The fourth-order valence-corrected chi connectivity index (χ4v) is 2.87. The molecule has 0 N–H and O–H groups in total. The first-order valence-corrected chi connectivity index (χ1v) is 8.09. The number of carbonyl (C=O) groups is 1. The Balaban J connectivity index is 1.75. The lowest BCUT2D eigenvalue weighted by molar-refractivity contribution is 0.0566. The van der Waals surface area contributed by atoms with Gasteiger partial charge in [-0.2, -0.15) is 0 Å². The molecule has 0 bridgehead atoms. The van der Waals surface area contributed by atoms with E-state index in [-0.39, 0.29) is 17.5 Å². The van der Waals surface area contributed by atoms with Gasteiger partial charge in [-0.25, -0.2) is 9.18 Å². The van der Waals surface area contributed by atoms with Crippen molar-refractivity contribution in [1.82, 2.24) is 0 Å². The van der Waals surface area contributed by atoms with Crippen LogP contribution in [0.2, 0.25) is 0 Å². The molecule has 3 nitrogen and oxygen atoms in total. The highest BCUT2D eigenvalue weighted by Crippen LogP contribution is 2.27. The summed E-state index contributed by atoms with van der Waals surface area (Å²) in [6, 6.07) is 16.4. The van der Waals surface area contributed by atoms with Crippen LogP contribution in [0.15, 0.2) is 65.3 Å². The van der Waals surface area contributed by atoms with Crippen molar-refractivity contribution < 1.29 is 18.3 Å². The number of carbonyl (C=O) groups excluding carboxylic acids is 1. The average Bonchev–Trinajstić information content (AvgIpc) is 3.12. The van der Waals surface area contributed by atoms with E-state index in [0.29, 0.717) is 5.56 Å². The lowest BCUT2D eigenvalue weighted by Crippen LogP contribution is -2.01. The van der Waals surface area contributed by atoms with Gasteiger partial charge in [0.2, 0.25) is 5.76 Å². The number of halogens is 1. The van der Waals surface area contributed by atoms with Gasteiger partial charge >= 0.3 is 5.97 Å². The molecule has 0 saturated heterocycles. The van der Waals surface area contributed by atoms with E-state index in [1.807, 2.05) is 36.4 Å². The highest BCUT2D eigenvalue weighted by molar-refractivity contribution is 5.94. The van der Waals surface area contributed by atoms with E-state index in [0.717, 1.165) is 17.5 Å². The molecular weight excluding hydrogens is 319 g/mol. The molecule has 0 aliphatic rings. The minimum absolute atomic E-state index is 0.204. The zero-order chi connectivity index (χ0) is 17.8. The second kappa shape index (κ2) is 7.34. The van der Waals surface area contributed by atoms with Crippen molar-refractivity contribution in [3.63, 3.8) is 0 Å². The lowest BCUT2D eigenvalue weighted by atomic mass is 9.93. The molecule has 0 fully saturated rings. The molecule has 1 atom stereocenters. The Bertz CT molecular complexity index is 848. The molecule has 3 aromatic rings. The fourth-order valence-electron chi connectivity index (χ4n) is 2.87. The third-order valence-electron chi connectivity index (χ3n) is 4.28. The minimum Gasteiger partial charge on any atom is -0.463 e. The molecule has 1 heterocycles. The van der Waals surface area contributed by atoms with E-state index in [1.165, 1.54) is 31.1 Å². The fraction of sp³-hybridized carbons (Fsp3) is 0.190. The first-order chi connectivity index (χ1) is 12.1. The van der Waals surface area contributed by atoms with E-state index in [2.05, 4.69) is 6.92 Å². The summed E-state index contributed by atoms with van der Waals surface area (Å²) in [5, 5.41) is 0. The van der Waals surface area contributed by atoms with Crippen LogP contribution in [0.1, 0.15) is 34.5 Å². The summed E-state index contributed by atoms with van der Waals surface area (Å²) in [6.07, 6.45) is 2.33. The molecule has 3 rings (SSSR count). The molecule has 0 amide bonds. The summed E-state index contributed by atoms with van der Waals surface area (Å²) in [4.78, 5) is 11.7. The zero-order valence-corrected chi connectivity index (χ0v) is 14.2. The summed E-state index contributed by atoms with van der Waals surface area (Å²) in [5.74, 6) is -0.225.